The van der Waals surface area contributed by atoms with Crippen LogP contribution < -0.4 is 11.1 Å². The average Bonchev–Trinajstić information content (AvgIpc) is 3.08. The Hall–Kier alpha value is -1.67. The van der Waals surface area contributed by atoms with Crippen molar-refractivity contribution in [3.8, 4) is 0 Å². The van der Waals surface area contributed by atoms with Crippen LogP contribution in [0.2, 0.25) is 0 Å². The summed E-state index contributed by atoms with van der Waals surface area (Å²) in [5.41, 5.74) is 7.05. The Kier molecular flexibility index (Phi) is 4.82. The molecule has 0 aromatic carbocycles. The van der Waals surface area contributed by atoms with E-state index < -0.39 is 5.91 Å². The Labute approximate surface area is 146 Å². The van der Waals surface area contributed by atoms with Gasteiger partial charge in [0.25, 0.3) is 5.91 Å². The summed E-state index contributed by atoms with van der Waals surface area (Å²) < 4.78 is 2.57. The molecule has 0 bridgehead atoms. The van der Waals surface area contributed by atoms with Crippen LogP contribution >= 0.6 is 27.3 Å². The van der Waals surface area contributed by atoms with Gasteiger partial charge in [0.15, 0.2) is 0 Å². The number of carbonyl (C=O) groups excluding carboxylic acids is 2. The monoisotopic (exact) mass is 396 g/mol. The van der Waals surface area contributed by atoms with E-state index in [1.54, 1.807) is 10.9 Å². The zero-order valence-electron chi connectivity index (χ0n) is 12.5. The van der Waals surface area contributed by atoms with Gasteiger partial charge in [-0.25, -0.2) is 0 Å². The maximum absolute atomic E-state index is 12.2. The predicted molar refractivity (Wildman–Crippen MR) is 92.7 cm³/mol. The second-order valence-electron chi connectivity index (χ2n) is 5.50. The lowest BCUT2D eigenvalue weighted by atomic mass is 9.95. The van der Waals surface area contributed by atoms with E-state index in [1.807, 2.05) is 6.20 Å². The number of primary amides is 1. The first kappa shape index (κ1) is 16.2. The summed E-state index contributed by atoms with van der Waals surface area (Å²) in [5, 5.41) is 7.56. The number of hydrogen-bond donors (Lipinski definition) is 2. The van der Waals surface area contributed by atoms with E-state index >= 15 is 0 Å². The van der Waals surface area contributed by atoms with Gasteiger partial charge in [-0.3, -0.25) is 14.3 Å². The number of hydrogen-bond acceptors (Lipinski definition) is 4. The molecule has 0 radical (unpaired) electrons. The van der Waals surface area contributed by atoms with Gasteiger partial charge >= 0.3 is 0 Å². The topological polar surface area (TPSA) is 90.0 Å². The smallest absolute Gasteiger partial charge is 0.251 e. The molecule has 3 N–H and O–H groups in total. The zero-order chi connectivity index (χ0) is 16.4. The Morgan fingerprint density at radius 1 is 1.39 bits per heavy atom. The number of amides is 2. The molecule has 8 heteroatoms. The van der Waals surface area contributed by atoms with Crippen LogP contribution in [0, 0.1) is 0 Å². The number of nitrogens with two attached hydrogens (primary N) is 1. The quantitative estimate of drug-likeness (QED) is 0.813. The van der Waals surface area contributed by atoms with E-state index in [0.717, 1.165) is 35.7 Å². The minimum Gasteiger partial charge on any atom is -0.365 e. The zero-order valence-corrected chi connectivity index (χ0v) is 14.9. The number of anilines is 1. The third-order valence-electron chi connectivity index (χ3n) is 3.84. The Bertz CT molecular complexity index is 753. The SMILES string of the molecule is NC(=O)c1c(NC(=O)CCn2cc(Br)cn2)sc2c1CCCC2. The number of nitrogens with one attached hydrogen (secondary N) is 1. The highest BCUT2D eigenvalue weighted by Crippen LogP contribution is 2.37. The van der Waals surface area contributed by atoms with Gasteiger partial charge in [0.05, 0.1) is 16.2 Å². The number of halogens is 1. The van der Waals surface area contributed by atoms with Crippen molar-refractivity contribution >= 4 is 44.1 Å². The van der Waals surface area contributed by atoms with Crippen LogP contribution in [0.15, 0.2) is 16.9 Å². The summed E-state index contributed by atoms with van der Waals surface area (Å²) in [7, 11) is 0. The highest BCUT2D eigenvalue weighted by atomic mass is 79.9. The standard InChI is InChI=1S/C15H17BrN4O2S/c16-9-7-18-20(8-9)6-5-12(21)19-15-13(14(17)22)10-3-1-2-4-11(10)23-15/h7-8H,1-6H2,(H2,17,22)(H,19,21). The van der Waals surface area contributed by atoms with Gasteiger partial charge in [0.1, 0.15) is 5.00 Å². The van der Waals surface area contributed by atoms with Crippen molar-refractivity contribution in [2.24, 2.45) is 5.73 Å². The summed E-state index contributed by atoms with van der Waals surface area (Å²) in [4.78, 5) is 25.1. The van der Waals surface area contributed by atoms with E-state index in [2.05, 4.69) is 26.3 Å². The molecular formula is C15H17BrN4O2S. The van der Waals surface area contributed by atoms with Crippen LogP contribution in [-0.4, -0.2) is 21.6 Å². The summed E-state index contributed by atoms with van der Waals surface area (Å²) in [6.07, 6.45) is 7.77. The molecule has 2 aromatic heterocycles. The van der Waals surface area contributed by atoms with Gasteiger partial charge in [0.2, 0.25) is 5.91 Å². The summed E-state index contributed by atoms with van der Waals surface area (Å²) in [6, 6.07) is 0. The molecule has 6 nitrogen and oxygen atoms in total. The molecule has 2 amide bonds. The van der Waals surface area contributed by atoms with Crippen molar-refractivity contribution in [3.05, 3.63) is 32.9 Å². The molecule has 23 heavy (non-hydrogen) atoms. The third kappa shape index (κ3) is 3.64. The van der Waals surface area contributed by atoms with E-state index in [0.29, 0.717) is 17.1 Å². The lowest BCUT2D eigenvalue weighted by Crippen LogP contribution is -2.19. The molecule has 2 aromatic rings. The molecule has 1 aliphatic rings. The van der Waals surface area contributed by atoms with Crippen molar-refractivity contribution in [3.63, 3.8) is 0 Å². The van der Waals surface area contributed by atoms with Crippen LogP contribution in [0.4, 0.5) is 5.00 Å². The number of nitrogens with zero attached hydrogens (tertiary/aromatic N) is 2. The maximum atomic E-state index is 12.2. The first-order valence-corrected chi connectivity index (χ1v) is 9.07. The summed E-state index contributed by atoms with van der Waals surface area (Å²) in [6.45, 7) is 0.481. The fourth-order valence-corrected chi connectivity index (χ4v) is 4.42. The molecule has 0 unspecified atom stereocenters. The fourth-order valence-electron chi connectivity index (χ4n) is 2.78. The van der Waals surface area contributed by atoms with Crippen molar-refractivity contribution in [1.29, 1.82) is 0 Å². The van der Waals surface area contributed by atoms with E-state index in [4.69, 9.17) is 5.73 Å². The van der Waals surface area contributed by atoms with Gasteiger partial charge < -0.3 is 11.1 Å². The highest BCUT2D eigenvalue weighted by molar-refractivity contribution is 9.10. The van der Waals surface area contributed by atoms with Gasteiger partial charge in [-0.2, -0.15) is 5.10 Å². The molecule has 0 saturated carbocycles. The molecule has 0 fully saturated rings. The van der Waals surface area contributed by atoms with Gasteiger partial charge in [-0.1, -0.05) is 0 Å². The summed E-state index contributed by atoms with van der Waals surface area (Å²) >= 11 is 4.80. The third-order valence-corrected chi connectivity index (χ3v) is 5.46. The lowest BCUT2D eigenvalue weighted by molar-refractivity contribution is -0.116. The minimum atomic E-state index is -0.462. The average molecular weight is 397 g/mol. The second kappa shape index (κ2) is 6.84. The Morgan fingerprint density at radius 3 is 2.87 bits per heavy atom. The molecule has 3 rings (SSSR count). The predicted octanol–water partition coefficient (Wildman–Crippen LogP) is 2.71. The number of fused-ring (bicyclic) bond motifs is 1. The highest BCUT2D eigenvalue weighted by Gasteiger charge is 2.24. The largest absolute Gasteiger partial charge is 0.365 e. The van der Waals surface area contributed by atoms with Crippen LogP contribution in [0.3, 0.4) is 0 Å². The van der Waals surface area contributed by atoms with E-state index in [-0.39, 0.29) is 12.3 Å². The maximum Gasteiger partial charge on any atom is 0.251 e. The number of carbonyl (C=O) groups is 2. The fraction of sp³-hybridized carbons (Fsp3) is 0.400. The summed E-state index contributed by atoms with van der Waals surface area (Å²) in [5.74, 6) is -0.603. The molecule has 0 spiro atoms. The molecule has 0 aliphatic heterocycles. The van der Waals surface area contributed by atoms with Crippen LogP contribution in [0.5, 0.6) is 0 Å². The number of aromatic nitrogens is 2. The normalized spacial score (nSPS) is 13.6. The van der Waals surface area contributed by atoms with Crippen molar-refractivity contribution in [2.45, 2.75) is 38.6 Å². The molecule has 122 valence electrons. The number of rotatable bonds is 5. The van der Waals surface area contributed by atoms with Crippen molar-refractivity contribution in [1.82, 2.24) is 9.78 Å². The molecular weight excluding hydrogens is 380 g/mol. The van der Waals surface area contributed by atoms with E-state index in [1.165, 1.54) is 16.2 Å². The van der Waals surface area contributed by atoms with Gasteiger partial charge in [-0.05, 0) is 47.2 Å². The molecule has 0 atom stereocenters. The second-order valence-corrected chi connectivity index (χ2v) is 7.52. The number of aryl methyl sites for hydroxylation is 2. The Balaban J connectivity index is 1.70. The van der Waals surface area contributed by atoms with Gasteiger partial charge in [-0.15, -0.1) is 11.3 Å². The first-order chi connectivity index (χ1) is 11.0. The molecule has 0 saturated heterocycles. The molecule has 1 aliphatic carbocycles. The van der Waals surface area contributed by atoms with Crippen molar-refractivity contribution < 1.29 is 9.59 Å². The van der Waals surface area contributed by atoms with E-state index in [9.17, 15) is 9.59 Å². The Morgan fingerprint density at radius 2 is 2.17 bits per heavy atom. The lowest BCUT2D eigenvalue weighted by Gasteiger charge is -2.11. The first-order valence-electron chi connectivity index (χ1n) is 7.46. The van der Waals surface area contributed by atoms with Crippen LogP contribution in [-0.2, 0) is 24.2 Å². The molecule has 2 heterocycles. The minimum absolute atomic E-state index is 0.141. The van der Waals surface area contributed by atoms with Crippen LogP contribution in [0.25, 0.3) is 0 Å². The van der Waals surface area contributed by atoms with Gasteiger partial charge in [0, 0.05) is 24.0 Å². The van der Waals surface area contributed by atoms with Crippen molar-refractivity contribution in [2.75, 3.05) is 5.32 Å². The van der Waals surface area contributed by atoms with Crippen LogP contribution in [0.1, 0.15) is 40.1 Å². The number of thiophene rings is 1.